The van der Waals surface area contributed by atoms with Crippen LogP contribution in [0.1, 0.15) is 55.0 Å². The lowest BCUT2D eigenvalue weighted by atomic mass is 9.95. The number of rotatable bonds is 4. The lowest BCUT2D eigenvalue weighted by Crippen LogP contribution is -2.42. The maximum absolute atomic E-state index is 10.4. The number of phenols is 1. The zero-order chi connectivity index (χ0) is 18.0. The zero-order valence-corrected chi connectivity index (χ0v) is 15.7. The fourth-order valence-corrected chi connectivity index (χ4v) is 3.77. The molecule has 1 saturated heterocycles. The van der Waals surface area contributed by atoms with E-state index in [0.717, 1.165) is 30.8 Å². The Morgan fingerprint density at radius 2 is 1.88 bits per heavy atom. The van der Waals surface area contributed by atoms with E-state index in [1.165, 1.54) is 11.1 Å². The molecular weight excluding hydrogens is 310 g/mol. The molecule has 25 heavy (non-hydrogen) atoms. The van der Waals surface area contributed by atoms with Crippen LogP contribution in [0.3, 0.4) is 0 Å². The molecule has 0 bridgehead atoms. The van der Waals surface area contributed by atoms with Crippen molar-refractivity contribution in [3.8, 4) is 5.75 Å². The average Bonchev–Trinajstić information content (AvgIpc) is 2.57. The van der Waals surface area contributed by atoms with Gasteiger partial charge in [-0.1, -0.05) is 50.2 Å². The summed E-state index contributed by atoms with van der Waals surface area (Å²) in [4.78, 5) is 2.39. The van der Waals surface area contributed by atoms with Gasteiger partial charge in [0, 0.05) is 25.2 Å². The molecule has 0 aliphatic carbocycles. The van der Waals surface area contributed by atoms with Crippen molar-refractivity contribution in [3.63, 3.8) is 0 Å². The molecule has 1 aliphatic rings. The van der Waals surface area contributed by atoms with Crippen LogP contribution in [0.15, 0.2) is 42.5 Å². The monoisotopic (exact) mass is 339 g/mol. The van der Waals surface area contributed by atoms with Gasteiger partial charge in [-0.05, 0) is 42.5 Å². The second kappa shape index (κ2) is 7.59. The molecule has 3 rings (SSSR count). The first kappa shape index (κ1) is 18.0. The average molecular weight is 339 g/mol. The predicted octanol–water partition coefficient (Wildman–Crippen LogP) is 4.79. The summed E-state index contributed by atoms with van der Waals surface area (Å²) in [7, 11) is 0. The van der Waals surface area contributed by atoms with Crippen LogP contribution >= 0.6 is 0 Å². The van der Waals surface area contributed by atoms with E-state index in [1.54, 1.807) is 0 Å². The van der Waals surface area contributed by atoms with Crippen LogP contribution < -0.4 is 0 Å². The fraction of sp³-hybridized carbons (Fsp3) is 0.455. The van der Waals surface area contributed by atoms with Crippen molar-refractivity contribution in [2.75, 3.05) is 13.1 Å². The summed E-state index contributed by atoms with van der Waals surface area (Å²) in [6.07, 6.45) is 0.262. The van der Waals surface area contributed by atoms with Crippen molar-refractivity contribution in [2.24, 2.45) is 0 Å². The molecule has 1 N–H and O–H groups in total. The molecule has 0 aromatic heterocycles. The quantitative estimate of drug-likeness (QED) is 0.869. The van der Waals surface area contributed by atoms with Crippen LogP contribution in [0, 0.1) is 6.92 Å². The Kier molecular flexibility index (Phi) is 5.45. The molecule has 3 heteroatoms. The van der Waals surface area contributed by atoms with E-state index in [2.05, 4.69) is 62.9 Å². The van der Waals surface area contributed by atoms with Crippen molar-refractivity contribution in [2.45, 2.75) is 52.4 Å². The van der Waals surface area contributed by atoms with Crippen LogP contribution in [-0.2, 0) is 11.3 Å². The molecule has 0 amide bonds. The first-order chi connectivity index (χ1) is 11.9. The molecule has 0 spiro atoms. The van der Waals surface area contributed by atoms with Gasteiger partial charge in [-0.15, -0.1) is 0 Å². The summed E-state index contributed by atoms with van der Waals surface area (Å²) < 4.78 is 6.15. The van der Waals surface area contributed by atoms with Crippen molar-refractivity contribution in [1.29, 1.82) is 0 Å². The van der Waals surface area contributed by atoms with Crippen LogP contribution in [-0.4, -0.2) is 29.2 Å². The summed E-state index contributed by atoms with van der Waals surface area (Å²) in [5, 5.41) is 10.4. The van der Waals surface area contributed by atoms with E-state index < -0.39 is 0 Å². The van der Waals surface area contributed by atoms with E-state index in [1.807, 2.05) is 12.1 Å². The van der Waals surface area contributed by atoms with Crippen LogP contribution in [0.2, 0.25) is 0 Å². The predicted molar refractivity (Wildman–Crippen MR) is 102 cm³/mol. The van der Waals surface area contributed by atoms with Crippen LogP contribution in [0.5, 0.6) is 5.75 Å². The minimum absolute atomic E-state index is 0.0853. The van der Waals surface area contributed by atoms with Gasteiger partial charge in [0.2, 0.25) is 0 Å². The first-order valence-corrected chi connectivity index (χ1v) is 9.19. The number of aromatic hydroxyl groups is 1. The minimum atomic E-state index is 0.0853. The number of hydrogen-bond donors (Lipinski definition) is 1. The molecule has 0 saturated carbocycles. The van der Waals surface area contributed by atoms with Crippen LogP contribution in [0.25, 0.3) is 0 Å². The van der Waals surface area contributed by atoms with Crippen molar-refractivity contribution >= 4 is 0 Å². The van der Waals surface area contributed by atoms with Gasteiger partial charge in [0.05, 0.1) is 12.2 Å². The molecule has 1 heterocycles. The van der Waals surface area contributed by atoms with Crippen molar-refractivity contribution in [1.82, 2.24) is 4.90 Å². The zero-order valence-electron chi connectivity index (χ0n) is 15.7. The number of hydrogen-bond acceptors (Lipinski definition) is 3. The highest BCUT2D eigenvalue weighted by molar-refractivity contribution is 5.42. The van der Waals surface area contributed by atoms with E-state index in [-0.39, 0.29) is 12.2 Å². The van der Waals surface area contributed by atoms with Gasteiger partial charge in [0.1, 0.15) is 5.75 Å². The molecule has 3 nitrogen and oxygen atoms in total. The van der Waals surface area contributed by atoms with Gasteiger partial charge < -0.3 is 9.84 Å². The number of aryl methyl sites for hydroxylation is 1. The number of ether oxygens (including phenoxy) is 1. The van der Waals surface area contributed by atoms with Crippen LogP contribution in [0.4, 0.5) is 0 Å². The maximum atomic E-state index is 10.4. The number of nitrogens with zero attached hydrogens (tertiary/aromatic N) is 1. The summed E-state index contributed by atoms with van der Waals surface area (Å²) in [5.41, 5.74) is 4.70. The van der Waals surface area contributed by atoms with Gasteiger partial charge in [-0.2, -0.15) is 0 Å². The third kappa shape index (κ3) is 4.23. The van der Waals surface area contributed by atoms with Gasteiger partial charge in [0.25, 0.3) is 0 Å². The number of phenolic OH excluding ortho intramolecular Hbond substituents is 1. The van der Waals surface area contributed by atoms with Crippen molar-refractivity contribution < 1.29 is 9.84 Å². The van der Waals surface area contributed by atoms with Crippen molar-refractivity contribution in [3.05, 3.63) is 64.7 Å². The summed E-state index contributed by atoms with van der Waals surface area (Å²) >= 11 is 0. The van der Waals surface area contributed by atoms with E-state index in [0.29, 0.717) is 11.7 Å². The molecule has 1 fully saturated rings. The highest BCUT2D eigenvalue weighted by atomic mass is 16.5. The third-order valence-corrected chi connectivity index (χ3v) is 4.99. The first-order valence-electron chi connectivity index (χ1n) is 9.19. The second-order valence-corrected chi connectivity index (χ2v) is 7.53. The van der Waals surface area contributed by atoms with Gasteiger partial charge in [-0.25, -0.2) is 0 Å². The van der Waals surface area contributed by atoms with Gasteiger partial charge in [-0.3, -0.25) is 4.90 Å². The Labute approximate surface area is 151 Å². The Balaban J connectivity index is 1.79. The smallest absolute Gasteiger partial charge is 0.120 e. The Morgan fingerprint density at radius 3 is 2.56 bits per heavy atom. The Morgan fingerprint density at radius 1 is 1.16 bits per heavy atom. The lowest BCUT2D eigenvalue weighted by molar-refractivity contribution is -0.0815. The van der Waals surface area contributed by atoms with Gasteiger partial charge in [0.15, 0.2) is 0 Å². The minimum Gasteiger partial charge on any atom is -0.508 e. The molecule has 0 radical (unpaired) electrons. The topological polar surface area (TPSA) is 32.7 Å². The van der Waals surface area contributed by atoms with E-state index >= 15 is 0 Å². The fourth-order valence-electron chi connectivity index (χ4n) is 3.77. The maximum Gasteiger partial charge on any atom is 0.120 e. The normalized spacial score (nSPS) is 21.6. The highest BCUT2D eigenvalue weighted by Crippen LogP contribution is 2.31. The Bertz CT molecular complexity index is 711. The van der Waals surface area contributed by atoms with E-state index in [4.69, 9.17) is 4.74 Å². The standard InChI is InChI=1S/C22H29NO2/c1-15(2)20-11-19(21(24)10-16(20)3)13-23-12-17(4)25-22(14-23)18-8-6-5-7-9-18/h5-11,15,17,22,24H,12-14H2,1-4H3/t17-,22-/m0/s1. The third-order valence-electron chi connectivity index (χ3n) is 4.99. The Hall–Kier alpha value is -1.84. The van der Waals surface area contributed by atoms with Gasteiger partial charge >= 0.3 is 0 Å². The number of benzene rings is 2. The second-order valence-electron chi connectivity index (χ2n) is 7.53. The lowest BCUT2D eigenvalue weighted by Gasteiger charge is -2.37. The molecule has 0 unspecified atom stereocenters. The summed E-state index contributed by atoms with van der Waals surface area (Å²) in [6, 6.07) is 14.5. The molecule has 2 aromatic rings. The molecule has 2 atom stereocenters. The van der Waals surface area contributed by atoms with E-state index in [9.17, 15) is 5.11 Å². The number of morpholine rings is 1. The SMILES string of the molecule is Cc1cc(O)c(CN2C[C@@H](c3ccccc3)O[C@@H](C)C2)cc1C(C)C. The summed E-state index contributed by atoms with van der Waals surface area (Å²) in [6.45, 7) is 11.1. The molecule has 134 valence electrons. The molecular formula is C22H29NO2. The molecule has 2 aromatic carbocycles. The molecule has 1 aliphatic heterocycles. The summed E-state index contributed by atoms with van der Waals surface area (Å²) in [5.74, 6) is 0.859. The highest BCUT2D eigenvalue weighted by Gasteiger charge is 2.27. The largest absolute Gasteiger partial charge is 0.508 e.